The molecule has 1 aromatic rings. The topological polar surface area (TPSA) is 35.5 Å². The average molecular weight is 363 g/mol. The van der Waals surface area contributed by atoms with Gasteiger partial charge in [0.1, 0.15) is 6.29 Å². The molecular weight excluding hydrogens is 324 g/mol. The minimum absolute atomic E-state index is 0.617. The highest BCUT2D eigenvalue weighted by molar-refractivity contribution is 5.76. The minimum atomic E-state index is 0.617. The first-order chi connectivity index (χ1) is 12.8. The predicted octanol–water partition coefficient (Wildman–Crippen LogP) is 6.98. The van der Waals surface area contributed by atoms with Crippen LogP contribution in [-0.4, -0.2) is 20.0 Å². The van der Waals surface area contributed by atoms with Crippen LogP contribution in [0.1, 0.15) is 101 Å². The van der Waals surface area contributed by atoms with E-state index < -0.39 is 0 Å². The molecule has 1 rings (SSSR count). The Kier molecular flexibility index (Phi) is 13.6. The van der Waals surface area contributed by atoms with Crippen LogP contribution in [0.4, 0.5) is 0 Å². The molecule has 0 aliphatic heterocycles. The predicted molar refractivity (Wildman–Crippen MR) is 110 cm³/mol. The van der Waals surface area contributed by atoms with Crippen LogP contribution in [0.15, 0.2) is 18.2 Å². The summed E-state index contributed by atoms with van der Waals surface area (Å²) < 4.78 is 11.1. The summed E-state index contributed by atoms with van der Waals surface area (Å²) >= 11 is 0. The highest BCUT2D eigenvalue weighted by Crippen LogP contribution is 2.27. The van der Waals surface area contributed by atoms with E-state index in [4.69, 9.17) is 9.47 Å². The van der Waals surface area contributed by atoms with E-state index in [2.05, 4.69) is 6.92 Å². The summed E-state index contributed by atoms with van der Waals surface area (Å²) in [4.78, 5) is 10.9. The van der Waals surface area contributed by atoms with E-state index in [1.54, 1.807) is 25.3 Å². The minimum Gasteiger partial charge on any atom is -0.493 e. The molecule has 0 amide bonds. The Balaban J connectivity index is 1.96. The smallest absolute Gasteiger partial charge is 0.161 e. The highest BCUT2D eigenvalue weighted by atomic mass is 16.5. The van der Waals surface area contributed by atoms with Gasteiger partial charge in [-0.15, -0.1) is 0 Å². The molecule has 148 valence electrons. The molecule has 0 saturated heterocycles. The molecular formula is C23H38O3. The standard InChI is InChI=1S/C23H38O3/c1-3-4-5-6-7-8-9-10-11-12-13-14-15-18-26-23-19-21(20-24)16-17-22(23)25-2/h16-17,19-20H,3-15,18H2,1-2H3. The first-order valence-corrected chi connectivity index (χ1v) is 10.6. The van der Waals surface area contributed by atoms with Gasteiger partial charge in [-0.25, -0.2) is 0 Å². The zero-order valence-corrected chi connectivity index (χ0v) is 16.9. The fraction of sp³-hybridized carbons (Fsp3) is 0.696. The molecule has 0 aliphatic carbocycles. The van der Waals surface area contributed by atoms with Gasteiger partial charge >= 0.3 is 0 Å². The molecule has 0 aromatic heterocycles. The summed E-state index contributed by atoms with van der Waals surface area (Å²) in [6.45, 7) is 2.95. The normalized spacial score (nSPS) is 10.7. The number of hydrogen-bond donors (Lipinski definition) is 0. The lowest BCUT2D eigenvalue weighted by atomic mass is 10.0. The van der Waals surface area contributed by atoms with E-state index in [1.807, 2.05) is 0 Å². The number of carbonyl (C=O) groups excluding carboxylic acids is 1. The lowest BCUT2D eigenvalue weighted by Gasteiger charge is -2.11. The van der Waals surface area contributed by atoms with E-state index in [1.165, 1.54) is 77.0 Å². The van der Waals surface area contributed by atoms with Gasteiger partial charge in [0.2, 0.25) is 0 Å². The summed E-state index contributed by atoms with van der Waals surface area (Å²) in [6, 6.07) is 5.26. The summed E-state index contributed by atoms with van der Waals surface area (Å²) in [5.74, 6) is 1.35. The van der Waals surface area contributed by atoms with Crippen molar-refractivity contribution < 1.29 is 14.3 Å². The van der Waals surface area contributed by atoms with E-state index in [-0.39, 0.29) is 0 Å². The number of hydrogen-bond acceptors (Lipinski definition) is 3. The molecule has 0 saturated carbocycles. The van der Waals surface area contributed by atoms with Crippen molar-refractivity contribution >= 4 is 6.29 Å². The van der Waals surface area contributed by atoms with Crippen LogP contribution in [-0.2, 0) is 0 Å². The molecule has 0 radical (unpaired) electrons. The number of aldehydes is 1. The van der Waals surface area contributed by atoms with Crippen molar-refractivity contribution in [3.05, 3.63) is 23.8 Å². The van der Waals surface area contributed by atoms with Crippen LogP contribution < -0.4 is 9.47 Å². The molecule has 3 heteroatoms. The Morgan fingerprint density at radius 2 is 1.31 bits per heavy atom. The van der Waals surface area contributed by atoms with Crippen LogP contribution in [0.3, 0.4) is 0 Å². The van der Waals surface area contributed by atoms with Gasteiger partial charge in [0.15, 0.2) is 11.5 Å². The number of rotatable bonds is 17. The molecule has 26 heavy (non-hydrogen) atoms. The Morgan fingerprint density at radius 1 is 0.769 bits per heavy atom. The molecule has 0 N–H and O–H groups in total. The summed E-state index contributed by atoms with van der Waals surface area (Å²) in [7, 11) is 1.62. The maximum Gasteiger partial charge on any atom is 0.161 e. The van der Waals surface area contributed by atoms with Crippen LogP contribution in [0.25, 0.3) is 0 Å². The number of methoxy groups -OCH3 is 1. The second-order valence-electron chi connectivity index (χ2n) is 7.12. The SMILES string of the molecule is CCCCCCCCCCCCCCCOc1cc(C=O)ccc1OC. The van der Waals surface area contributed by atoms with Crippen LogP contribution in [0.5, 0.6) is 11.5 Å². The van der Waals surface area contributed by atoms with Crippen LogP contribution in [0, 0.1) is 0 Å². The first kappa shape index (κ1) is 22.5. The average Bonchev–Trinajstić information content (AvgIpc) is 2.68. The first-order valence-electron chi connectivity index (χ1n) is 10.6. The molecule has 0 bridgehead atoms. The summed E-state index contributed by atoms with van der Waals surface area (Å²) in [5, 5.41) is 0. The molecule has 3 nitrogen and oxygen atoms in total. The third kappa shape index (κ3) is 10.5. The largest absolute Gasteiger partial charge is 0.493 e. The molecule has 0 atom stereocenters. The number of benzene rings is 1. The lowest BCUT2D eigenvalue weighted by molar-refractivity contribution is 0.112. The van der Waals surface area contributed by atoms with Gasteiger partial charge in [-0.05, 0) is 24.6 Å². The Labute approximate surface area is 160 Å². The van der Waals surface area contributed by atoms with Crippen molar-refractivity contribution in [2.24, 2.45) is 0 Å². The third-order valence-electron chi connectivity index (χ3n) is 4.83. The maximum atomic E-state index is 10.9. The highest BCUT2D eigenvalue weighted by Gasteiger charge is 2.05. The van der Waals surface area contributed by atoms with Gasteiger partial charge in [0.25, 0.3) is 0 Å². The quantitative estimate of drug-likeness (QED) is 0.221. The van der Waals surface area contributed by atoms with Crippen LogP contribution in [0.2, 0.25) is 0 Å². The zero-order chi connectivity index (χ0) is 18.9. The second kappa shape index (κ2) is 15.7. The Bertz CT molecular complexity index is 471. The summed E-state index contributed by atoms with van der Waals surface area (Å²) in [5.41, 5.74) is 0.617. The molecule has 0 heterocycles. The van der Waals surface area contributed by atoms with Crippen molar-refractivity contribution in [3.8, 4) is 11.5 Å². The number of carbonyl (C=O) groups is 1. The molecule has 0 unspecified atom stereocenters. The van der Waals surface area contributed by atoms with E-state index in [0.29, 0.717) is 23.7 Å². The van der Waals surface area contributed by atoms with E-state index in [0.717, 1.165) is 12.7 Å². The molecule has 0 aliphatic rings. The van der Waals surface area contributed by atoms with Crippen molar-refractivity contribution in [3.63, 3.8) is 0 Å². The lowest BCUT2D eigenvalue weighted by Crippen LogP contribution is -2.00. The Hall–Kier alpha value is -1.51. The van der Waals surface area contributed by atoms with Crippen molar-refractivity contribution in [1.29, 1.82) is 0 Å². The van der Waals surface area contributed by atoms with Gasteiger partial charge in [-0.2, -0.15) is 0 Å². The van der Waals surface area contributed by atoms with Gasteiger partial charge in [0.05, 0.1) is 13.7 Å². The molecule has 1 aromatic carbocycles. The van der Waals surface area contributed by atoms with Gasteiger partial charge in [-0.1, -0.05) is 84.0 Å². The third-order valence-corrected chi connectivity index (χ3v) is 4.83. The Morgan fingerprint density at radius 3 is 1.81 bits per heavy atom. The second-order valence-corrected chi connectivity index (χ2v) is 7.12. The summed E-state index contributed by atoms with van der Waals surface area (Å²) in [6.07, 6.45) is 18.3. The molecule has 0 spiro atoms. The zero-order valence-electron chi connectivity index (χ0n) is 16.9. The number of ether oxygens (including phenoxy) is 2. The fourth-order valence-corrected chi connectivity index (χ4v) is 3.18. The molecule has 0 fully saturated rings. The van der Waals surface area contributed by atoms with Gasteiger partial charge in [-0.3, -0.25) is 4.79 Å². The van der Waals surface area contributed by atoms with E-state index in [9.17, 15) is 4.79 Å². The monoisotopic (exact) mass is 362 g/mol. The van der Waals surface area contributed by atoms with Gasteiger partial charge < -0.3 is 9.47 Å². The van der Waals surface area contributed by atoms with Gasteiger partial charge in [0, 0.05) is 5.56 Å². The maximum absolute atomic E-state index is 10.9. The van der Waals surface area contributed by atoms with Crippen LogP contribution >= 0.6 is 0 Å². The van der Waals surface area contributed by atoms with Crippen molar-refractivity contribution in [2.75, 3.05) is 13.7 Å². The fourth-order valence-electron chi connectivity index (χ4n) is 3.18. The van der Waals surface area contributed by atoms with Crippen molar-refractivity contribution in [2.45, 2.75) is 90.4 Å². The van der Waals surface area contributed by atoms with Crippen molar-refractivity contribution in [1.82, 2.24) is 0 Å². The number of unbranched alkanes of at least 4 members (excludes halogenated alkanes) is 12. The van der Waals surface area contributed by atoms with E-state index >= 15 is 0 Å².